The molecule has 32 heavy (non-hydrogen) atoms. The lowest BCUT2D eigenvalue weighted by Crippen LogP contribution is -1.99. The van der Waals surface area contributed by atoms with Crippen LogP contribution < -0.4 is 9.47 Å². The molecule has 0 spiro atoms. The minimum Gasteiger partial charge on any atom is -0.507 e. The fourth-order valence-corrected chi connectivity index (χ4v) is 4.27. The van der Waals surface area contributed by atoms with E-state index in [9.17, 15) is 10.2 Å². The van der Waals surface area contributed by atoms with Crippen LogP contribution in [0.4, 0.5) is 0 Å². The van der Waals surface area contributed by atoms with Crippen molar-refractivity contribution in [3.8, 4) is 34.1 Å². The number of ether oxygens (including phenoxy) is 2. The van der Waals surface area contributed by atoms with E-state index in [0.29, 0.717) is 35.8 Å². The Labute approximate surface area is 189 Å². The zero-order valence-electron chi connectivity index (χ0n) is 19.2. The summed E-state index contributed by atoms with van der Waals surface area (Å²) in [4.78, 5) is 0. The van der Waals surface area contributed by atoms with E-state index >= 15 is 0 Å². The summed E-state index contributed by atoms with van der Waals surface area (Å²) in [5.41, 5.74) is 2.95. The minimum atomic E-state index is 0.131. The number of rotatable bonds is 7. The molecular weight excluding hydrogens is 400 g/mol. The summed E-state index contributed by atoms with van der Waals surface area (Å²) in [6, 6.07) is 15.4. The number of hydrogen-bond acceptors (Lipinski definition) is 4. The van der Waals surface area contributed by atoms with Gasteiger partial charge in [0.25, 0.3) is 0 Å². The number of aromatic hydroxyl groups is 2. The van der Waals surface area contributed by atoms with E-state index < -0.39 is 0 Å². The standard InChI is InChI=1S/C28H30O4/c1-5-13-31-23-15-21(27(29)25-17(3)9-7-11-19(23)25)22-16-24(32-14-6-2)20-12-8-10-18(4)26(20)28(22)30/h7-12,15-16,29-30H,5-6,13-14H2,1-4H3. The fourth-order valence-electron chi connectivity index (χ4n) is 4.27. The van der Waals surface area contributed by atoms with Gasteiger partial charge in [-0.15, -0.1) is 0 Å². The first-order valence-corrected chi connectivity index (χ1v) is 11.2. The number of aryl methyl sites for hydroxylation is 2. The van der Waals surface area contributed by atoms with Crippen molar-refractivity contribution in [3.05, 3.63) is 59.7 Å². The molecular formula is C28H30O4. The summed E-state index contributed by atoms with van der Waals surface area (Å²) in [5.74, 6) is 1.65. The highest BCUT2D eigenvalue weighted by Gasteiger charge is 2.21. The predicted molar refractivity (Wildman–Crippen MR) is 131 cm³/mol. The molecule has 4 rings (SSSR count). The number of fused-ring (bicyclic) bond motifs is 2. The first-order chi connectivity index (χ1) is 15.5. The van der Waals surface area contributed by atoms with Crippen molar-refractivity contribution in [1.82, 2.24) is 0 Å². The molecule has 0 aromatic heterocycles. The lowest BCUT2D eigenvalue weighted by Gasteiger charge is -2.19. The Bertz CT molecular complexity index is 1190. The number of phenols is 2. The molecule has 4 heteroatoms. The molecule has 0 fully saturated rings. The van der Waals surface area contributed by atoms with Gasteiger partial charge in [0.2, 0.25) is 0 Å². The SMILES string of the molecule is CCCOc1cc(-c2cc(OCCC)c3cccc(C)c3c2O)c(O)c2c(C)cccc12. The first kappa shape index (κ1) is 21.8. The van der Waals surface area contributed by atoms with Gasteiger partial charge in [-0.05, 0) is 49.9 Å². The largest absolute Gasteiger partial charge is 0.507 e. The van der Waals surface area contributed by atoms with Gasteiger partial charge in [-0.25, -0.2) is 0 Å². The van der Waals surface area contributed by atoms with Crippen LogP contribution in [0.15, 0.2) is 48.5 Å². The van der Waals surface area contributed by atoms with Gasteiger partial charge in [0.1, 0.15) is 23.0 Å². The second-order valence-corrected chi connectivity index (χ2v) is 8.23. The molecule has 0 unspecified atom stereocenters. The molecule has 4 nitrogen and oxygen atoms in total. The van der Waals surface area contributed by atoms with Crippen LogP contribution in [0.5, 0.6) is 23.0 Å². The highest BCUT2D eigenvalue weighted by Crippen LogP contribution is 2.49. The number of benzene rings is 4. The van der Waals surface area contributed by atoms with Crippen molar-refractivity contribution in [3.63, 3.8) is 0 Å². The molecule has 0 radical (unpaired) electrons. The highest BCUT2D eigenvalue weighted by molar-refractivity contribution is 6.06. The van der Waals surface area contributed by atoms with Gasteiger partial charge in [0, 0.05) is 32.7 Å². The zero-order valence-corrected chi connectivity index (χ0v) is 19.2. The average molecular weight is 431 g/mol. The van der Waals surface area contributed by atoms with E-state index in [1.165, 1.54) is 0 Å². The van der Waals surface area contributed by atoms with Crippen LogP contribution in [0.3, 0.4) is 0 Å². The van der Waals surface area contributed by atoms with Crippen molar-refractivity contribution in [2.24, 2.45) is 0 Å². The van der Waals surface area contributed by atoms with Crippen molar-refractivity contribution < 1.29 is 19.7 Å². The van der Waals surface area contributed by atoms with E-state index in [1.807, 2.05) is 62.4 Å². The lowest BCUT2D eigenvalue weighted by molar-refractivity contribution is 0.320. The molecule has 0 amide bonds. The second-order valence-electron chi connectivity index (χ2n) is 8.23. The minimum absolute atomic E-state index is 0.131. The first-order valence-electron chi connectivity index (χ1n) is 11.2. The Hall–Kier alpha value is -3.40. The smallest absolute Gasteiger partial charge is 0.131 e. The monoisotopic (exact) mass is 430 g/mol. The summed E-state index contributed by atoms with van der Waals surface area (Å²) in [7, 11) is 0. The van der Waals surface area contributed by atoms with E-state index in [1.54, 1.807) is 0 Å². The van der Waals surface area contributed by atoms with E-state index in [4.69, 9.17) is 9.47 Å². The van der Waals surface area contributed by atoms with Crippen LogP contribution in [0.1, 0.15) is 37.8 Å². The van der Waals surface area contributed by atoms with Crippen molar-refractivity contribution in [1.29, 1.82) is 0 Å². The van der Waals surface area contributed by atoms with Gasteiger partial charge >= 0.3 is 0 Å². The number of phenolic OH excluding ortho intramolecular Hbond substituents is 2. The van der Waals surface area contributed by atoms with Gasteiger partial charge in [0.05, 0.1) is 13.2 Å². The molecule has 0 bridgehead atoms. The fraction of sp³-hybridized carbons (Fsp3) is 0.286. The Morgan fingerprint density at radius 1 is 0.656 bits per heavy atom. The Balaban J connectivity index is 2.06. The van der Waals surface area contributed by atoms with Crippen LogP contribution in [0.2, 0.25) is 0 Å². The third-order valence-corrected chi connectivity index (χ3v) is 5.82. The van der Waals surface area contributed by atoms with E-state index in [-0.39, 0.29) is 11.5 Å². The molecule has 0 aliphatic rings. The van der Waals surface area contributed by atoms with Crippen LogP contribution in [0, 0.1) is 13.8 Å². The summed E-state index contributed by atoms with van der Waals surface area (Å²) < 4.78 is 12.1. The van der Waals surface area contributed by atoms with Gasteiger partial charge in [-0.3, -0.25) is 0 Å². The Morgan fingerprint density at radius 3 is 1.44 bits per heavy atom. The summed E-state index contributed by atoms with van der Waals surface area (Å²) in [6.07, 6.45) is 1.75. The summed E-state index contributed by atoms with van der Waals surface area (Å²) in [6.45, 7) is 9.20. The zero-order chi connectivity index (χ0) is 22.8. The molecule has 4 aromatic carbocycles. The van der Waals surface area contributed by atoms with Crippen molar-refractivity contribution in [2.45, 2.75) is 40.5 Å². The number of hydrogen-bond donors (Lipinski definition) is 2. The molecule has 0 aliphatic heterocycles. The van der Waals surface area contributed by atoms with Crippen LogP contribution in [0.25, 0.3) is 32.7 Å². The van der Waals surface area contributed by atoms with Gasteiger partial charge < -0.3 is 19.7 Å². The van der Waals surface area contributed by atoms with Gasteiger partial charge in [-0.2, -0.15) is 0 Å². The predicted octanol–water partition coefficient (Wildman–Crippen LogP) is 7.27. The molecule has 0 saturated carbocycles. The maximum absolute atomic E-state index is 11.4. The molecule has 0 atom stereocenters. The van der Waals surface area contributed by atoms with E-state index in [2.05, 4.69) is 13.8 Å². The van der Waals surface area contributed by atoms with Gasteiger partial charge in [-0.1, -0.05) is 50.2 Å². The van der Waals surface area contributed by atoms with Gasteiger partial charge in [0.15, 0.2) is 0 Å². The third kappa shape index (κ3) is 3.70. The Kier molecular flexibility index (Phi) is 6.13. The van der Waals surface area contributed by atoms with Crippen molar-refractivity contribution in [2.75, 3.05) is 13.2 Å². The lowest BCUT2D eigenvalue weighted by atomic mass is 9.92. The third-order valence-electron chi connectivity index (χ3n) is 5.82. The molecule has 4 aromatic rings. The molecule has 0 saturated heterocycles. The highest BCUT2D eigenvalue weighted by atomic mass is 16.5. The molecule has 166 valence electrons. The maximum atomic E-state index is 11.4. The van der Waals surface area contributed by atoms with Crippen LogP contribution in [-0.2, 0) is 0 Å². The second kappa shape index (κ2) is 8.99. The normalized spacial score (nSPS) is 11.2. The van der Waals surface area contributed by atoms with Crippen molar-refractivity contribution >= 4 is 21.5 Å². The average Bonchev–Trinajstić information content (AvgIpc) is 2.78. The maximum Gasteiger partial charge on any atom is 0.131 e. The van der Waals surface area contributed by atoms with E-state index in [0.717, 1.165) is 45.5 Å². The molecule has 2 N–H and O–H groups in total. The molecule has 0 aliphatic carbocycles. The summed E-state index contributed by atoms with van der Waals surface area (Å²) >= 11 is 0. The molecule has 0 heterocycles. The quantitative estimate of drug-likeness (QED) is 0.324. The van der Waals surface area contributed by atoms with Crippen LogP contribution >= 0.6 is 0 Å². The summed E-state index contributed by atoms with van der Waals surface area (Å²) in [5, 5.41) is 25.9. The Morgan fingerprint density at radius 2 is 1.06 bits per heavy atom. The topological polar surface area (TPSA) is 58.9 Å². The van der Waals surface area contributed by atoms with Crippen LogP contribution in [-0.4, -0.2) is 23.4 Å².